The number of hydrogen-bond donors (Lipinski definition) is 2. The molecule has 0 amide bonds. The minimum Gasteiger partial charge on any atom is -0.493 e. The standard InChI is InChI=1S/C25H25BrN2O5S/c1-5-32-24(30)21-15(3)27-25(34)28-22(21)17-12-18(26)23(19(13-17)31-4)33-20(29)11-10-16-9-7-6-8-14(16)2/h6-13,22H,5H2,1-4H3,(H2,27,28,34)/b11-10+. The third kappa shape index (κ3) is 5.84. The third-order valence-electron chi connectivity index (χ3n) is 5.14. The predicted octanol–water partition coefficient (Wildman–Crippen LogP) is 4.74. The van der Waals surface area contributed by atoms with E-state index in [4.69, 9.17) is 26.4 Å². The number of rotatable bonds is 7. The van der Waals surface area contributed by atoms with E-state index >= 15 is 0 Å². The first kappa shape index (κ1) is 25.5. The van der Waals surface area contributed by atoms with Crippen molar-refractivity contribution < 1.29 is 23.8 Å². The van der Waals surface area contributed by atoms with Crippen molar-refractivity contribution in [1.29, 1.82) is 0 Å². The lowest BCUT2D eigenvalue weighted by atomic mass is 9.95. The Bertz CT molecular complexity index is 1190. The summed E-state index contributed by atoms with van der Waals surface area (Å²) in [6, 6.07) is 10.6. The van der Waals surface area contributed by atoms with Crippen LogP contribution in [0.5, 0.6) is 11.5 Å². The van der Waals surface area contributed by atoms with Gasteiger partial charge in [0.25, 0.3) is 0 Å². The zero-order chi connectivity index (χ0) is 24.8. The van der Waals surface area contributed by atoms with Crippen LogP contribution in [0.4, 0.5) is 0 Å². The lowest BCUT2D eigenvalue weighted by Gasteiger charge is -2.30. The highest BCUT2D eigenvalue weighted by molar-refractivity contribution is 9.10. The van der Waals surface area contributed by atoms with E-state index in [1.807, 2.05) is 31.2 Å². The molecule has 0 aromatic heterocycles. The number of esters is 2. The normalized spacial score (nSPS) is 15.6. The number of benzene rings is 2. The molecule has 3 rings (SSSR count). The largest absolute Gasteiger partial charge is 0.493 e. The summed E-state index contributed by atoms with van der Waals surface area (Å²) in [6.07, 6.45) is 3.06. The first-order chi connectivity index (χ1) is 16.2. The molecule has 2 aromatic rings. The summed E-state index contributed by atoms with van der Waals surface area (Å²) in [4.78, 5) is 25.2. The lowest BCUT2D eigenvalue weighted by molar-refractivity contribution is -0.139. The summed E-state index contributed by atoms with van der Waals surface area (Å²) in [7, 11) is 1.47. The van der Waals surface area contributed by atoms with Crippen LogP contribution in [0.25, 0.3) is 6.08 Å². The zero-order valence-electron chi connectivity index (χ0n) is 19.2. The Morgan fingerprint density at radius 2 is 1.94 bits per heavy atom. The number of hydrogen-bond acceptors (Lipinski definition) is 6. The van der Waals surface area contributed by atoms with Gasteiger partial charge in [0.15, 0.2) is 16.6 Å². The summed E-state index contributed by atoms with van der Waals surface area (Å²) in [5, 5.41) is 6.44. The number of nitrogens with one attached hydrogen (secondary N) is 2. The molecule has 1 atom stereocenters. The molecular weight excluding hydrogens is 520 g/mol. The van der Waals surface area contributed by atoms with Gasteiger partial charge in [0.2, 0.25) is 0 Å². The average Bonchev–Trinajstić information content (AvgIpc) is 2.79. The number of carbonyl (C=O) groups is 2. The fourth-order valence-corrected chi connectivity index (χ4v) is 4.31. The number of allylic oxidation sites excluding steroid dienone is 1. The van der Waals surface area contributed by atoms with Crippen LogP contribution in [-0.2, 0) is 14.3 Å². The van der Waals surface area contributed by atoms with Crippen molar-refractivity contribution in [3.63, 3.8) is 0 Å². The van der Waals surface area contributed by atoms with Gasteiger partial charge in [-0.25, -0.2) is 9.59 Å². The Morgan fingerprint density at radius 3 is 2.62 bits per heavy atom. The Kier molecular flexibility index (Phi) is 8.46. The topological polar surface area (TPSA) is 85.9 Å². The van der Waals surface area contributed by atoms with Crippen LogP contribution in [0.2, 0.25) is 0 Å². The third-order valence-corrected chi connectivity index (χ3v) is 5.95. The second-order valence-corrected chi connectivity index (χ2v) is 8.70. The van der Waals surface area contributed by atoms with Crippen molar-refractivity contribution in [1.82, 2.24) is 10.6 Å². The van der Waals surface area contributed by atoms with E-state index in [2.05, 4.69) is 26.6 Å². The van der Waals surface area contributed by atoms with E-state index in [9.17, 15) is 9.59 Å². The van der Waals surface area contributed by atoms with Crippen LogP contribution in [-0.4, -0.2) is 30.8 Å². The van der Waals surface area contributed by atoms with Crippen molar-refractivity contribution in [3.05, 3.63) is 74.9 Å². The molecule has 0 saturated heterocycles. The Morgan fingerprint density at radius 1 is 1.21 bits per heavy atom. The Balaban J connectivity index is 1.91. The molecule has 7 nitrogen and oxygen atoms in total. The van der Waals surface area contributed by atoms with Crippen molar-refractivity contribution in [3.8, 4) is 11.5 Å². The van der Waals surface area contributed by atoms with Gasteiger partial charge in [-0.3, -0.25) is 0 Å². The van der Waals surface area contributed by atoms with E-state index in [0.717, 1.165) is 11.1 Å². The van der Waals surface area contributed by atoms with Gasteiger partial charge < -0.3 is 24.8 Å². The van der Waals surface area contributed by atoms with Crippen LogP contribution < -0.4 is 20.1 Å². The smallest absolute Gasteiger partial charge is 0.338 e. The van der Waals surface area contributed by atoms with Gasteiger partial charge in [0.05, 0.1) is 29.8 Å². The summed E-state index contributed by atoms with van der Waals surface area (Å²) in [5.41, 5.74) is 3.63. The first-order valence-corrected chi connectivity index (χ1v) is 11.7. The van der Waals surface area contributed by atoms with Crippen LogP contribution in [0.3, 0.4) is 0 Å². The molecular formula is C25H25BrN2O5S. The van der Waals surface area contributed by atoms with Crippen molar-refractivity contribution in [2.45, 2.75) is 26.8 Å². The van der Waals surface area contributed by atoms with E-state index in [1.165, 1.54) is 13.2 Å². The van der Waals surface area contributed by atoms with Gasteiger partial charge in [-0.15, -0.1) is 0 Å². The zero-order valence-corrected chi connectivity index (χ0v) is 21.6. The second kappa shape index (κ2) is 11.3. The lowest BCUT2D eigenvalue weighted by Crippen LogP contribution is -2.45. The van der Waals surface area contributed by atoms with Crippen LogP contribution in [0.1, 0.15) is 36.6 Å². The summed E-state index contributed by atoms with van der Waals surface area (Å²) < 4.78 is 16.8. The molecule has 178 valence electrons. The molecule has 0 saturated carbocycles. The second-order valence-electron chi connectivity index (χ2n) is 7.44. The summed E-state index contributed by atoms with van der Waals surface area (Å²) in [5.74, 6) is -0.478. The van der Waals surface area contributed by atoms with Crippen molar-refractivity contribution in [2.75, 3.05) is 13.7 Å². The molecule has 0 aliphatic carbocycles. The summed E-state index contributed by atoms with van der Waals surface area (Å²) in [6.45, 7) is 5.71. The van der Waals surface area contributed by atoms with E-state index < -0.39 is 18.0 Å². The maximum Gasteiger partial charge on any atom is 0.338 e. The Labute approximate surface area is 212 Å². The number of halogens is 1. The maximum absolute atomic E-state index is 12.6. The molecule has 1 heterocycles. The Hall–Kier alpha value is -3.17. The highest BCUT2D eigenvalue weighted by Gasteiger charge is 2.32. The van der Waals surface area contributed by atoms with Crippen LogP contribution in [0, 0.1) is 6.92 Å². The fraction of sp³-hybridized carbons (Fsp3) is 0.240. The molecule has 34 heavy (non-hydrogen) atoms. The molecule has 0 spiro atoms. The molecule has 2 N–H and O–H groups in total. The van der Waals surface area contributed by atoms with Gasteiger partial charge >= 0.3 is 11.9 Å². The first-order valence-electron chi connectivity index (χ1n) is 10.5. The number of aryl methyl sites for hydroxylation is 1. The SMILES string of the molecule is CCOC(=O)C1=C(C)NC(=S)NC1c1cc(Br)c(OC(=O)/C=C/c2ccccc2C)c(OC)c1. The quantitative estimate of drug-likeness (QED) is 0.224. The number of methoxy groups -OCH3 is 1. The minimum absolute atomic E-state index is 0.223. The molecule has 0 bridgehead atoms. The van der Waals surface area contributed by atoms with E-state index in [1.54, 1.807) is 32.1 Å². The monoisotopic (exact) mass is 544 g/mol. The fourth-order valence-electron chi connectivity index (χ4n) is 3.49. The highest BCUT2D eigenvalue weighted by atomic mass is 79.9. The van der Waals surface area contributed by atoms with Gasteiger partial charge in [-0.1, -0.05) is 24.3 Å². The van der Waals surface area contributed by atoms with E-state index in [0.29, 0.717) is 32.2 Å². The maximum atomic E-state index is 12.6. The molecule has 9 heteroatoms. The van der Waals surface area contributed by atoms with Gasteiger partial charge in [0.1, 0.15) is 0 Å². The minimum atomic E-state index is -0.580. The van der Waals surface area contributed by atoms with E-state index in [-0.39, 0.29) is 12.4 Å². The van der Waals surface area contributed by atoms with Crippen molar-refractivity contribution in [2.24, 2.45) is 0 Å². The number of carbonyl (C=O) groups excluding carboxylic acids is 2. The molecule has 0 fully saturated rings. The van der Waals surface area contributed by atoms with Crippen LogP contribution >= 0.6 is 28.1 Å². The highest BCUT2D eigenvalue weighted by Crippen LogP contribution is 2.40. The predicted molar refractivity (Wildman–Crippen MR) is 137 cm³/mol. The molecule has 1 unspecified atom stereocenters. The molecule has 2 aromatic carbocycles. The molecule has 0 radical (unpaired) electrons. The van der Waals surface area contributed by atoms with Crippen LogP contribution in [0.15, 0.2) is 58.2 Å². The average molecular weight is 545 g/mol. The van der Waals surface area contributed by atoms with Gasteiger partial charge in [-0.2, -0.15) is 0 Å². The summed E-state index contributed by atoms with van der Waals surface area (Å²) >= 11 is 8.76. The van der Waals surface area contributed by atoms with Gasteiger partial charge in [0, 0.05) is 11.8 Å². The number of ether oxygens (including phenoxy) is 3. The van der Waals surface area contributed by atoms with Gasteiger partial charge in [-0.05, 0) is 83.8 Å². The molecule has 1 aliphatic rings. The number of thiocarbonyl (C=S) groups is 1. The molecule has 1 aliphatic heterocycles. The van der Waals surface area contributed by atoms with Crippen molar-refractivity contribution >= 4 is 51.3 Å².